The molecule has 34 heavy (non-hydrogen) atoms. The zero-order chi connectivity index (χ0) is 24.0. The minimum absolute atomic E-state index is 0.0295. The fourth-order valence-corrected chi connectivity index (χ4v) is 4.60. The number of carboxylic acid groups (broad SMARTS) is 1. The monoisotopic (exact) mass is 456 g/mol. The lowest BCUT2D eigenvalue weighted by molar-refractivity contribution is 0.0662. The maximum atomic E-state index is 13.1. The number of rotatable bonds is 4. The van der Waals surface area contributed by atoms with E-state index in [2.05, 4.69) is 9.88 Å². The molecule has 0 radical (unpaired) electrons. The number of nitrogens with one attached hydrogen (secondary N) is 1. The van der Waals surface area contributed by atoms with Crippen LogP contribution >= 0.6 is 0 Å². The molecule has 5 rings (SSSR count). The zero-order valence-electron chi connectivity index (χ0n) is 18.7. The smallest absolute Gasteiger partial charge is 0.335 e. The van der Waals surface area contributed by atoms with Crippen molar-refractivity contribution in [2.75, 3.05) is 33.2 Å². The van der Waals surface area contributed by atoms with Crippen LogP contribution in [0.3, 0.4) is 0 Å². The van der Waals surface area contributed by atoms with Crippen LogP contribution in [0.1, 0.15) is 31.1 Å². The topological polar surface area (TPSA) is 120 Å². The molecule has 1 aliphatic heterocycles. The molecule has 2 amide bonds. The van der Waals surface area contributed by atoms with E-state index in [-0.39, 0.29) is 11.5 Å². The summed E-state index contributed by atoms with van der Waals surface area (Å²) in [7, 11) is 2.04. The summed E-state index contributed by atoms with van der Waals surface area (Å²) in [5.74, 6) is -1.62. The maximum absolute atomic E-state index is 13.1. The van der Waals surface area contributed by atoms with Crippen molar-refractivity contribution in [3.05, 3.63) is 71.3 Å². The van der Waals surface area contributed by atoms with Crippen LogP contribution in [0, 0.1) is 0 Å². The number of nitrogens with zero attached hydrogens (tertiary/aromatic N) is 2. The van der Waals surface area contributed by atoms with Gasteiger partial charge in [-0.25, -0.2) is 4.79 Å². The largest absolute Gasteiger partial charge is 0.478 e. The van der Waals surface area contributed by atoms with E-state index in [0.717, 1.165) is 29.4 Å². The number of H-pyrrole nitrogens is 1. The predicted octanol–water partition coefficient (Wildman–Crippen LogP) is 3.17. The molecule has 4 N–H and O–H groups in total. The Morgan fingerprint density at radius 3 is 2.41 bits per heavy atom. The number of aromatic nitrogens is 1. The van der Waals surface area contributed by atoms with Crippen molar-refractivity contribution in [3.8, 4) is 11.1 Å². The fraction of sp³-hybridized carbons (Fsp3) is 0.192. The summed E-state index contributed by atoms with van der Waals surface area (Å²) in [6.07, 6.45) is 0. The maximum Gasteiger partial charge on any atom is 0.335 e. The Hall–Kier alpha value is -4.17. The molecule has 1 aromatic heterocycles. The summed E-state index contributed by atoms with van der Waals surface area (Å²) in [5, 5.41) is 11.0. The molecule has 0 spiro atoms. The first-order valence-corrected chi connectivity index (χ1v) is 11.0. The molecule has 1 fully saturated rings. The van der Waals surface area contributed by atoms with Crippen LogP contribution in [0.2, 0.25) is 0 Å². The van der Waals surface area contributed by atoms with Crippen LogP contribution in [0.15, 0.2) is 54.6 Å². The number of aromatic amines is 1. The zero-order valence-corrected chi connectivity index (χ0v) is 18.7. The van der Waals surface area contributed by atoms with Crippen LogP contribution < -0.4 is 5.73 Å². The van der Waals surface area contributed by atoms with Gasteiger partial charge in [0.1, 0.15) is 0 Å². The Morgan fingerprint density at radius 1 is 0.941 bits per heavy atom. The molecule has 1 saturated heterocycles. The molecule has 8 nitrogen and oxygen atoms in total. The summed E-state index contributed by atoms with van der Waals surface area (Å²) < 4.78 is 0. The molecule has 2 heterocycles. The lowest BCUT2D eigenvalue weighted by Crippen LogP contribution is -2.47. The molecule has 0 unspecified atom stereocenters. The highest BCUT2D eigenvalue weighted by Crippen LogP contribution is 2.37. The Kier molecular flexibility index (Phi) is 5.30. The van der Waals surface area contributed by atoms with E-state index in [1.165, 1.54) is 6.07 Å². The first-order chi connectivity index (χ1) is 16.3. The van der Waals surface area contributed by atoms with Crippen molar-refractivity contribution in [2.24, 2.45) is 5.73 Å². The third kappa shape index (κ3) is 3.68. The van der Waals surface area contributed by atoms with E-state index in [1.54, 1.807) is 36.4 Å². The first-order valence-electron chi connectivity index (χ1n) is 11.0. The third-order valence-electron chi connectivity index (χ3n) is 6.48. The second kappa shape index (κ2) is 8.31. The molecule has 0 saturated carbocycles. The van der Waals surface area contributed by atoms with Crippen LogP contribution in [0.5, 0.6) is 0 Å². The lowest BCUT2D eigenvalue weighted by atomic mass is 9.95. The molecule has 4 aromatic rings. The van der Waals surface area contributed by atoms with E-state index in [9.17, 15) is 19.5 Å². The van der Waals surface area contributed by atoms with Gasteiger partial charge in [0.15, 0.2) is 0 Å². The number of hydrogen-bond acceptors (Lipinski definition) is 4. The average molecular weight is 457 g/mol. The van der Waals surface area contributed by atoms with Gasteiger partial charge in [-0.05, 0) is 48.5 Å². The summed E-state index contributed by atoms with van der Waals surface area (Å²) in [4.78, 5) is 44.1. The Labute approximate surface area is 195 Å². The number of benzene rings is 3. The van der Waals surface area contributed by atoms with Crippen LogP contribution in [-0.2, 0) is 0 Å². The second-order valence-corrected chi connectivity index (χ2v) is 8.64. The molecule has 1 aliphatic rings. The number of carbonyl (C=O) groups excluding carboxylic acids is 2. The second-order valence-electron chi connectivity index (χ2n) is 8.64. The first kappa shape index (κ1) is 21.7. The number of likely N-dealkylation sites (N-methyl/N-ethyl adjacent to an activating group) is 1. The summed E-state index contributed by atoms with van der Waals surface area (Å²) in [6, 6.07) is 15.5. The molecule has 0 atom stereocenters. The van der Waals surface area contributed by atoms with Crippen LogP contribution in [0.25, 0.3) is 32.9 Å². The highest BCUT2D eigenvalue weighted by atomic mass is 16.4. The van der Waals surface area contributed by atoms with Gasteiger partial charge in [0, 0.05) is 48.0 Å². The van der Waals surface area contributed by atoms with E-state index in [4.69, 9.17) is 5.73 Å². The van der Waals surface area contributed by atoms with Gasteiger partial charge in [-0.1, -0.05) is 24.3 Å². The molecule has 172 valence electrons. The minimum atomic E-state index is -1.02. The Morgan fingerprint density at radius 2 is 1.71 bits per heavy atom. The molecular formula is C26H24N4O4. The predicted molar refractivity (Wildman–Crippen MR) is 130 cm³/mol. The molecule has 0 bridgehead atoms. The number of carboxylic acids is 1. The number of amides is 2. The van der Waals surface area contributed by atoms with Gasteiger partial charge in [0.2, 0.25) is 0 Å². The quantitative estimate of drug-likeness (QED) is 0.436. The van der Waals surface area contributed by atoms with Gasteiger partial charge in [0.25, 0.3) is 11.8 Å². The van der Waals surface area contributed by atoms with Crippen molar-refractivity contribution < 1.29 is 19.5 Å². The SMILES string of the molecule is CN1CCN(C(=O)c2ccc3c(c2)[nH]c2c(C(N)=O)ccc(-c4cccc(C(=O)O)c4)c23)CC1. The van der Waals surface area contributed by atoms with Crippen LogP contribution in [-0.4, -0.2) is 70.9 Å². The van der Waals surface area contributed by atoms with E-state index in [0.29, 0.717) is 40.8 Å². The van der Waals surface area contributed by atoms with Gasteiger partial charge in [-0.2, -0.15) is 0 Å². The van der Waals surface area contributed by atoms with Gasteiger partial charge >= 0.3 is 5.97 Å². The number of fused-ring (bicyclic) bond motifs is 3. The fourth-order valence-electron chi connectivity index (χ4n) is 4.60. The standard InChI is InChI=1S/C26H24N4O4/c1-29-9-11-30(12-10-29)25(32)16-5-6-19-21(14-16)28-23-20(24(27)31)8-7-18(22(19)23)15-3-2-4-17(13-15)26(33)34/h2-8,13-14,28H,9-12H2,1H3,(H2,27,31)(H,33,34). The van der Waals surface area contributed by atoms with Gasteiger partial charge < -0.3 is 25.6 Å². The number of carbonyl (C=O) groups is 3. The van der Waals surface area contributed by atoms with Crippen molar-refractivity contribution in [2.45, 2.75) is 0 Å². The highest BCUT2D eigenvalue weighted by Gasteiger charge is 2.22. The third-order valence-corrected chi connectivity index (χ3v) is 6.48. The summed E-state index contributed by atoms with van der Waals surface area (Å²) in [6.45, 7) is 3.02. The molecule has 8 heteroatoms. The Balaban J connectivity index is 1.67. The van der Waals surface area contributed by atoms with Crippen LogP contribution in [0.4, 0.5) is 0 Å². The average Bonchev–Trinajstić information content (AvgIpc) is 3.22. The number of aromatic carboxylic acids is 1. The summed E-state index contributed by atoms with van der Waals surface area (Å²) in [5.41, 5.74) is 9.46. The molecular weight excluding hydrogens is 432 g/mol. The van der Waals surface area contributed by atoms with Gasteiger partial charge in [-0.3, -0.25) is 9.59 Å². The Bertz CT molecular complexity index is 1460. The summed E-state index contributed by atoms with van der Waals surface area (Å²) >= 11 is 0. The van der Waals surface area contributed by atoms with E-state index in [1.807, 2.05) is 24.1 Å². The van der Waals surface area contributed by atoms with Crippen molar-refractivity contribution >= 4 is 39.6 Å². The van der Waals surface area contributed by atoms with Crippen molar-refractivity contribution in [1.29, 1.82) is 0 Å². The van der Waals surface area contributed by atoms with E-state index >= 15 is 0 Å². The van der Waals surface area contributed by atoms with Crippen molar-refractivity contribution in [1.82, 2.24) is 14.8 Å². The minimum Gasteiger partial charge on any atom is -0.478 e. The van der Waals surface area contributed by atoms with E-state index < -0.39 is 11.9 Å². The normalized spacial score (nSPS) is 14.6. The number of hydrogen-bond donors (Lipinski definition) is 3. The molecule has 3 aromatic carbocycles. The highest BCUT2D eigenvalue weighted by molar-refractivity contribution is 6.20. The number of piperazine rings is 1. The number of primary amides is 1. The number of nitrogens with two attached hydrogens (primary N) is 1. The van der Waals surface area contributed by atoms with Gasteiger partial charge in [0.05, 0.1) is 16.6 Å². The van der Waals surface area contributed by atoms with Crippen molar-refractivity contribution in [3.63, 3.8) is 0 Å². The lowest BCUT2D eigenvalue weighted by Gasteiger charge is -2.32. The van der Waals surface area contributed by atoms with Gasteiger partial charge in [-0.15, -0.1) is 0 Å². The molecule has 0 aliphatic carbocycles.